The van der Waals surface area contributed by atoms with Crippen molar-refractivity contribution in [3.05, 3.63) is 0 Å². The minimum atomic E-state index is 0.714. The quantitative estimate of drug-likeness (QED) is 0.676. The molecular formula is C10H23N3. The fourth-order valence-corrected chi connectivity index (χ4v) is 1.77. The third-order valence-corrected chi connectivity index (χ3v) is 2.82. The van der Waals surface area contributed by atoms with Crippen molar-refractivity contribution in [1.29, 1.82) is 0 Å². The number of likely N-dealkylation sites (N-methyl/N-ethyl adjacent to an activating group) is 1. The first kappa shape index (κ1) is 11.0. The molecule has 0 unspecified atom stereocenters. The Balaban J connectivity index is 2.15. The number of nitrogens with zero attached hydrogens (tertiary/aromatic N) is 2. The lowest BCUT2D eigenvalue weighted by atomic mass is 10.2. The van der Waals surface area contributed by atoms with Crippen LogP contribution in [0.25, 0.3) is 0 Å². The highest BCUT2D eigenvalue weighted by molar-refractivity contribution is 4.74. The van der Waals surface area contributed by atoms with Gasteiger partial charge >= 0.3 is 0 Å². The smallest absolute Gasteiger partial charge is 0.0113 e. The lowest BCUT2D eigenvalue weighted by molar-refractivity contribution is 0.109. The van der Waals surface area contributed by atoms with Crippen LogP contribution < -0.4 is 5.32 Å². The molecule has 78 valence electrons. The second-order valence-electron chi connectivity index (χ2n) is 4.07. The Morgan fingerprint density at radius 3 is 2.23 bits per heavy atom. The predicted molar refractivity (Wildman–Crippen MR) is 57.1 cm³/mol. The van der Waals surface area contributed by atoms with E-state index in [0.717, 1.165) is 6.54 Å². The van der Waals surface area contributed by atoms with Gasteiger partial charge in [-0.15, -0.1) is 0 Å². The van der Waals surface area contributed by atoms with Crippen LogP contribution in [0.5, 0.6) is 0 Å². The Morgan fingerprint density at radius 1 is 1.15 bits per heavy atom. The molecule has 3 nitrogen and oxygen atoms in total. The second-order valence-corrected chi connectivity index (χ2v) is 4.07. The predicted octanol–water partition coefficient (Wildman–Crippen LogP) is 0.232. The van der Waals surface area contributed by atoms with Crippen molar-refractivity contribution in [2.24, 2.45) is 0 Å². The number of hydrogen-bond donors (Lipinski definition) is 1. The molecule has 0 amide bonds. The van der Waals surface area contributed by atoms with Crippen LogP contribution in [0.3, 0.4) is 0 Å². The van der Waals surface area contributed by atoms with E-state index in [1.54, 1.807) is 0 Å². The van der Waals surface area contributed by atoms with Gasteiger partial charge < -0.3 is 5.32 Å². The minimum absolute atomic E-state index is 0.714. The van der Waals surface area contributed by atoms with Gasteiger partial charge in [0.15, 0.2) is 0 Å². The van der Waals surface area contributed by atoms with Gasteiger partial charge in [0.1, 0.15) is 0 Å². The van der Waals surface area contributed by atoms with Crippen molar-refractivity contribution < 1.29 is 0 Å². The topological polar surface area (TPSA) is 18.5 Å². The van der Waals surface area contributed by atoms with Gasteiger partial charge in [-0.2, -0.15) is 0 Å². The van der Waals surface area contributed by atoms with Crippen molar-refractivity contribution in [2.45, 2.75) is 19.9 Å². The van der Waals surface area contributed by atoms with Gasteiger partial charge in [0.2, 0.25) is 0 Å². The van der Waals surface area contributed by atoms with Gasteiger partial charge in [-0.1, -0.05) is 0 Å². The summed E-state index contributed by atoms with van der Waals surface area (Å²) in [4.78, 5) is 5.09. The Hall–Kier alpha value is -0.120. The first-order chi connectivity index (χ1) is 6.24. The van der Waals surface area contributed by atoms with E-state index in [9.17, 15) is 0 Å². The summed E-state index contributed by atoms with van der Waals surface area (Å²) in [6.07, 6.45) is 0. The Kier molecular flexibility index (Phi) is 4.70. The minimum Gasteiger partial charge on any atom is -0.318 e. The Bertz CT molecular complexity index is 128. The van der Waals surface area contributed by atoms with E-state index in [-0.39, 0.29) is 0 Å². The van der Waals surface area contributed by atoms with Crippen LogP contribution >= 0.6 is 0 Å². The zero-order valence-electron chi connectivity index (χ0n) is 9.21. The monoisotopic (exact) mass is 185 g/mol. The summed E-state index contributed by atoms with van der Waals surface area (Å²) in [5, 5.41) is 3.19. The molecule has 0 radical (unpaired) electrons. The third-order valence-electron chi connectivity index (χ3n) is 2.82. The van der Waals surface area contributed by atoms with Crippen molar-refractivity contribution in [3.63, 3.8) is 0 Å². The average molecular weight is 185 g/mol. The first-order valence-electron chi connectivity index (χ1n) is 5.35. The van der Waals surface area contributed by atoms with E-state index >= 15 is 0 Å². The molecular weight excluding hydrogens is 162 g/mol. The van der Waals surface area contributed by atoms with E-state index in [4.69, 9.17) is 0 Å². The van der Waals surface area contributed by atoms with Crippen molar-refractivity contribution in [3.8, 4) is 0 Å². The van der Waals surface area contributed by atoms with Gasteiger partial charge in [0.05, 0.1) is 0 Å². The zero-order chi connectivity index (χ0) is 9.68. The molecule has 0 aliphatic carbocycles. The van der Waals surface area contributed by atoms with E-state index in [2.05, 4.69) is 29.0 Å². The molecule has 0 aromatic carbocycles. The summed E-state index contributed by atoms with van der Waals surface area (Å²) >= 11 is 0. The molecule has 1 heterocycles. The number of piperazine rings is 1. The van der Waals surface area contributed by atoms with E-state index in [1.165, 1.54) is 32.7 Å². The van der Waals surface area contributed by atoms with Crippen LogP contribution in [-0.4, -0.2) is 62.2 Å². The van der Waals surface area contributed by atoms with E-state index < -0.39 is 0 Å². The molecule has 0 saturated carbocycles. The van der Waals surface area contributed by atoms with Crippen molar-refractivity contribution >= 4 is 0 Å². The van der Waals surface area contributed by atoms with Crippen LogP contribution in [0.2, 0.25) is 0 Å². The van der Waals surface area contributed by atoms with Crippen LogP contribution in [0, 0.1) is 0 Å². The van der Waals surface area contributed by atoms with Gasteiger partial charge in [-0.05, 0) is 20.9 Å². The molecule has 1 aliphatic rings. The van der Waals surface area contributed by atoms with Gasteiger partial charge in [0, 0.05) is 45.3 Å². The summed E-state index contributed by atoms with van der Waals surface area (Å²) < 4.78 is 0. The first-order valence-corrected chi connectivity index (χ1v) is 5.35. The Labute approximate surface area is 82.1 Å². The highest BCUT2D eigenvalue weighted by Crippen LogP contribution is 2.04. The summed E-state index contributed by atoms with van der Waals surface area (Å²) in [7, 11) is 2.02. The second kappa shape index (κ2) is 5.58. The molecule has 0 aromatic heterocycles. The van der Waals surface area contributed by atoms with Gasteiger partial charge in [0.25, 0.3) is 0 Å². The van der Waals surface area contributed by atoms with E-state index in [1.807, 2.05) is 7.05 Å². The maximum atomic E-state index is 3.19. The maximum absolute atomic E-state index is 3.19. The molecule has 1 rings (SSSR count). The third kappa shape index (κ3) is 3.63. The summed E-state index contributed by atoms with van der Waals surface area (Å²) in [6.45, 7) is 11.8. The molecule has 13 heavy (non-hydrogen) atoms. The largest absolute Gasteiger partial charge is 0.318 e. The molecule has 1 fully saturated rings. The standard InChI is InChI=1S/C10H23N3/c1-10(2)13-8-6-12(7-9-13)5-4-11-3/h10-11H,4-9H2,1-3H3. The molecule has 3 heteroatoms. The normalized spacial score (nSPS) is 21.2. The van der Waals surface area contributed by atoms with Crippen LogP contribution in [0.15, 0.2) is 0 Å². The van der Waals surface area contributed by atoms with Crippen molar-refractivity contribution in [2.75, 3.05) is 46.3 Å². The van der Waals surface area contributed by atoms with Crippen LogP contribution in [0.4, 0.5) is 0 Å². The van der Waals surface area contributed by atoms with Crippen LogP contribution in [-0.2, 0) is 0 Å². The zero-order valence-corrected chi connectivity index (χ0v) is 9.21. The lowest BCUT2D eigenvalue weighted by Gasteiger charge is -2.36. The molecule has 0 spiro atoms. The number of rotatable bonds is 4. The molecule has 1 saturated heterocycles. The fourth-order valence-electron chi connectivity index (χ4n) is 1.77. The highest BCUT2D eigenvalue weighted by atomic mass is 15.3. The molecule has 1 aliphatic heterocycles. The lowest BCUT2D eigenvalue weighted by Crippen LogP contribution is -2.49. The number of nitrogens with one attached hydrogen (secondary N) is 1. The van der Waals surface area contributed by atoms with Gasteiger partial charge in [-0.25, -0.2) is 0 Å². The molecule has 1 N–H and O–H groups in total. The molecule has 0 bridgehead atoms. The van der Waals surface area contributed by atoms with Crippen molar-refractivity contribution in [1.82, 2.24) is 15.1 Å². The highest BCUT2D eigenvalue weighted by Gasteiger charge is 2.17. The fraction of sp³-hybridized carbons (Fsp3) is 1.00. The SMILES string of the molecule is CNCCN1CCN(C(C)C)CC1. The summed E-state index contributed by atoms with van der Waals surface area (Å²) in [5.41, 5.74) is 0. The summed E-state index contributed by atoms with van der Waals surface area (Å²) in [5.74, 6) is 0. The Morgan fingerprint density at radius 2 is 1.77 bits per heavy atom. The van der Waals surface area contributed by atoms with E-state index in [0.29, 0.717) is 6.04 Å². The molecule has 0 atom stereocenters. The summed E-state index contributed by atoms with van der Waals surface area (Å²) in [6, 6.07) is 0.714. The van der Waals surface area contributed by atoms with Gasteiger partial charge in [-0.3, -0.25) is 9.80 Å². The maximum Gasteiger partial charge on any atom is 0.0113 e. The molecule has 0 aromatic rings. The average Bonchev–Trinajstić information content (AvgIpc) is 2.15. The van der Waals surface area contributed by atoms with Crippen LogP contribution in [0.1, 0.15) is 13.8 Å². The number of hydrogen-bond acceptors (Lipinski definition) is 3.